The molecule has 0 amide bonds. The Bertz CT molecular complexity index is 1220. The van der Waals surface area contributed by atoms with E-state index in [-0.39, 0.29) is 12.0 Å². The van der Waals surface area contributed by atoms with Crippen molar-refractivity contribution < 1.29 is 9.90 Å². The molecule has 2 aromatic carbocycles. The maximum atomic E-state index is 12.7. The van der Waals surface area contributed by atoms with Gasteiger partial charge in [0.2, 0.25) is 0 Å². The van der Waals surface area contributed by atoms with Crippen molar-refractivity contribution in [3.8, 4) is 5.69 Å². The second kappa shape index (κ2) is 7.85. The molecule has 144 valence electrons. The largest absolute Gasteiger partial charge is 0.480 e. The van der Waals surface area contributed by atoms with E-state index in [0.29, 0.717) is 22.5 Å². The van der Waals surface area contributed by atoms with E-state index in [1.54, 1.807) is 6.07 Å². The van der Waals surface area contributed by atoms with Crippen molar-refractivity contribution in [3.63, 3.8) is 0 Å². The Hall–Kier alpha value is -4.13. The third-order valence-electron chi connectivity index (χ3n) is 4.38. The summed E-state index contributed by atoms with van der Waals surface area (Å²) in [6.07, 6.45) is 1.47. The standard InChI is InChI=1S/C22H18N4O3/c27-19-12-21(25-15-7-3-1-4-8-15)26(16-9-5-2-6-10-16)18-11-20(23-13-17(18)19)24-14-22(28)29/h1-13,25H,14H2,(H,23,24)(H,28,29). The summed E-state index contributed by atoms with van der Waals surface area (Å²) in [5, 5.41) is 15.4. The van der Waals surface area contributed by atoms with Gasteiger partial charge in [0.15, 0.2) is 5.43 Å². The highest BCUT2D eigenvalue weighted by atomic mass is 16.4. The van der Waals surface area contributed by atoms with Gasteiger partial charge < -0.3 is 15.7 Å². The first-order chi connectivity index (χ1) is 14.1. The monoisotopic (exact) mass is 386 g/mol. The molecule has 0 radical (unpaired) electrons. The molecule has 0 bridgehead atoms. The second-order valence-corrected chi connectivity index (χ2v) is 6.39. The van der Waals surface area contributed by atoms with Crippen molar-refractivity contribution in [3.05, 3.63) is 89.2 Å². The molecule has 0 saturated heterocycles. The van der Waals surface area contributed by atoms with Crippen LogP contribution < -0.4 is 16.1 Å². The molecule has 2 heterocycles. The number of aliphatic carboxylic acids is 1. The van der Waals surface area contributed by atoms with Gasteiger partial charge >= 0.3 is 5.97 Å². The molecule has 7 nitrogen and oxygen atoms in total. The number of carbonyl (C=O) groups is 1. The Morgan fingerprint density at radius 3 is 2.38 bits per heavy atom. The number of nitrogens with zero attached hydrogens (tertiary/aromatic N) is 2. The third kappa shape index (κ3) is 3.93. The molecule has 0 aliphatic rings. The van der Waals surface area contributed by atoms with E-state index in [1.807, 2.05) is 65.2 Å². The summed E-state index contributed by atoms with van der Waals surface area (Å²) >= 11 is 0. The lowest BCUT2D eigenvalue weighted by Gasteiger charge is -2.19. The minimum Gasteiger partial charge on any atom is -0.480 e. The highest BCUT2D eigenvalue weighted by molar-refractivity contribution is 5.85. The van der Waals surface area contributed by atoms with Crippen LogP contribution in [0.2, 0.25) is 0 Å². The highest BCUT2D eigenvalue weighted by Gasteiger charge is 2.13. The molecule has 3 N–H and O–H groups in total. The molecule has 7 heteroatoms. The van der Waals surface area contributed by atoms with E-state index >= 15 is 0 Å². The van der Waals surface area contributed by atoms with Crippen LogP contribution in [0.3, 0.4) is 0 Å². The quantitative estimate of drug-likeness (QED) is 0.468. The minimum absolute atomic E-state index is 0.178. The number of rotatable bonds is 6. The molecule has 0 aliphatic carbocycles. The van der Waals surface area contributed by atoms with Crippen molar-refractivity contribution in [1.29, 1.82) is 0 Å². The number of hydrogen-bond donors (Lipinski definition) is 3. The lowest BCUT2D eigenvalue weighted by molar-refractivity contribution is -0.134. The average molecular weight is 386 g/mol. The Balaban J connectivity index is 1.93. The SMILES string of the molecule is O=C(O)CNc1cc2c(cn1)c(=O)cc(Nc1ccccc1)n2-c1ccccc1. The molecule has 4 aromatic rings. The Labute approximate surface area is 166 Å². The predicted octanol–water partition coefficient (Wildman–Crippen LogP) is 3.63. The van der Waals surface area contributed by atoms with E-state index < -0.39 is 5.97 Å². The van der Waals surface area contributed by atoms with Gasteiger partial charge in [0.05, 0.1) is 10.9 Å². The van der Waals surface area contributed by atoms with Crippen molar-refractivity contribution in [2.45, 2.75) is 0 Å². The van der Waals surface area contributed by atoms with Crippen LogP contribution in [-0.2, 0) is 4.79 Å². The van der Waals surface area contributed by atoms with Crippen molar-refractivity contribution in [2.24, 2.45) is 0 Å². The van der Waals surface area contributed by atoms with Crippen LogP contribution >= 0.6 is 0 Å². The Kier molecular flexibility index (Phi) is 4.94. The second-order valence-electron chi connectivity index (χ2n) is 6.39. The van der Waals surface area contributed by atoms with Crippen molar-refractivity contribution in [2.75, 3.05) is 17.2 Å². The maximum Gasteiger partial charge on any atom is 0.322 e. The minimum atomic E-state index is -0.994. The van der Waals surface area contributed by atoms with Gasteiger partial charge in [-0.05, 0) is 24.3 Å². The summed E-state index contributed by atoms with van der Waals surface area (Å²) in [6.45, 7) is -0.268. The number of anilines is 3. The van der Waals surface area contributed by atoms with Gasteiger partial charge in [0, 0.05) is 29.7 Å². The summed E-state index contributed by atoms with van der Waals surface area (Å²) < 4.78 is 1.91. The fraction of sp³-hybridized carbons (Fsp3) is 0.0455. The molecule has 0 atom stereocenters. The fourth-order valence-electron chi connectivity index (χ4n) is 3.10. The third-order valence-corrected chi connectivity index (χ3v) is 4.38. The van der Waals surface area contributed by atoms with Crippen molar-refractivity contribution in [1.82, 2.24) is 9.55 Å². The van der Waals surface area contributed by atoms with Crippen LogP contribution in [-0.4, -0.2) is 27.2 Å². The van der Waals surface area contributed by atoms with Gasteiger partial charge in [-0.15, -0.1) is 0 Å². The zero-order valence-corrected chi connectivity index (χ0v) is 15.4. The number of benzene rings is 2. The lowest BCUT2D eigenvalue weighted by Crippen LogP contribution is -2.15. The van der Waals surface area contributed by atoms with Crippen LogP contribution in [0.15, 0.2) is 83.8 Å². The van der Waals surface area contributed by atoms with E-state index in [9.17, 15) is 9.59 Å². The van der Waals surface area contributed by atoms with Crippen molar-refractivity contribution >= 4 is 34.2 Å². The number of para-hydroxylation sites is 2. The number of nitrogens with one attached hydrogen (secondary N) is 2. The van der Waals surface area contributed by atoms with Crippen LogP contribution in [0.4, 0.5) is 17.3 Å². The first-order valence-corrected chi connectivity index (χ1v) is 9.01. The van der Waals surface area contributed by atoms with Crippen LogP contribution in [0.1, 0.15) is 0 Å². The van der Waals surface area contributed by atoms with Gasteiger partial charge in [-0.3, -0.25) is 14.2 Å². The van der Waals surface area contributed by atoms with Crippen LogP contribution in [0, 0.1) is 0 Å². The average Bonchev–Trinajstić information content (AvgIpc) is 2.73. The molecule has 0 aliphatic heterocycles. The summed E-state index contributed by atoms with van der Waals surface area (Å²) in [7, 11) is 0. The number of aromatic nitrogens is 2. The normalized spacial score (nSPS) is 10.6. The summed E-state index contributed by atoms with van der Waals surface area (Å²) in [5.41, 5.74) is 2.13. The van der Waals surface area contributed by atoms with E-state index in [0.717, 1.165) is 11.4 Å². The summed E-state index contributed by atoms with van der Waals surface area (Å²) in [6, 6.07) is 22.4. The molecule has 0 fully saturated rings. The number of hydrogen-bond acceptors (Lipinski definition) is 5. The maximum absolute atomic E-state index is 12.7. The van der Waals surface area contributed by atoms with Gasteiger partial charge in [0.1, 0.15) is 18.2 Å². The summed E-state index contributed by atoms with van der Waals surface area (Å²) in [5.74, 6) is -0.0250. The smallest absolute Gasteiger partial charge is 0.322 e. The lowest BCUT2D eigenvalue weighted by atomic mass is 10.2. The molecule has 0 unspecified atom stereocenters. The summed E-state index contributed by atoms with van der Waals surface area (Å²) in [4.78, 5) is 27.8. The molecular formula is C22H18N4O3. The Morgan fingerprint density at radius 2 is 1.69 bits per heavy atom. The molecule has 0 spiro atoms. The van der Waals surface area contributed by atoms with Gasteiger partial charge in [-0.25, -0.2) is 4.98 Å². The van der Waals surface area contributed by atoms with Gasteiger partial charge in [-0.1, -0.05) is 36.4 Å². The Morgan fingerprint density at radius 1 is 1.00 bits per heavy atom. The topological polar surface area (TPSA) is 96.2 Å². The first-order valence-electron chi connectivity index (χ1n) is 9.01. The molecule has 0 saturated carbocycles. The van der Waals surface area contributed by atoms with Crippen LogP contribution in [0.5, 0.6) is 0 Å². The number of carboxylic acids is 1. The fourth-order valence-corrected chi connectivity index (χ4v) is 3.10. The molecule has 29 heavy (non-hydrogen) atoms. The highest BCUT2D eigenvalue weighted by Crippen LogP contribution is 2.26. The zero-order valence-electron chi connectivity index (χ0n) is 15.4. The zero-order chi connectivity index (χ0) is 20.2. The first kappa shape index (κ1) is 18.2. The van der Waals surface area contributed by atoms with E-state index in [1.165, 1.54) is 12.3 Å². The predicted molar refractivity (Wildman–Crippen MR) is 113 cm³/mol. The number of pyridine rings is 2. The van der Waals surface area contributed by atoms with Crippen LogP contribution in [0.25, 0.3) is 16.6 Å². The molecule has 2 aromatic heterocycles. The number of carboxylic acid groups (broad SMARTS) is 1. The number of fused-ring (bicyclic) bond motifs is 1. The van der Waals surface area contributed by atoms with E-state index in [4.69, 9.17) is 5.11 Å². The van der Waals surface area contributed by atoms with E-state index in [2.05, 4.69) is 15.6 Å². The van der Waals surface area contributed by atoms with Gasteiger partial charge in [0.25, 0.3) is 0 Å². The molecule has 4 rings (SSSR count). The van der Waals surface area contributed by atoms with Gasteiger partial charge in [-0.2, -0.15) is 0 Å². The molecular weight excluding hydrogens is 368 g/mol.